The molecular weight excluding hydrogens is 1930 g/mol. The monoisotopic (exact) mass is 2070 g/mol. The Hall–Kier alpha value is -15.2. The number of benzene rings is 4. The molecule has 2 fully saturated rings. The van der Waals surface area contributed by atoms with E-state index in [1.165, 1.54) is 53.4 Å². The first-order valence-corrected chi connectivity index (χ1v) is 49.8. The average molecular weight is 2070 g/mol. The molecule has 2 saturated heterocycles. The van der Waals surface area contributed by atoms with Gasteiger partial charge in [-0.15, -0.1) is 0 Å². The van der Waals surface area contributed by atoms with Crippen molar-refractivity contribution in [3.63, 3.8) is 0 Å². The minimum Gasteiger partial charge on any atom is -0.508 e. The number of fused-ring (bicyclic) bond motifs is 2. The molecule has 55 heteroatoms. The first-order chi connectivity index (χ1) is 69.1. The molecule has 4 aromatic carbocycles. The number of carboxylic acid groups (broad SMARTS) is 1. The van der Waals surface area contributed by atoms with E-state index in [-0.39, 0.29) is 228 Å². The van der Waals surface area contributed by atoms with E-state index in [4.69, 9.17) is 80.3 Å². The second kappa shape index (κ2) is 63.0. The zero-order chi connectivity index (χ0) is 107. The number of nitrogens with two attached hydrogens (primary N) is 14. The topological polar surface area (TPSA) is 932 Å². The summed E-state index contributed by atoms with van der Waals surface area (Å²) in [7, 11) is 1.45. The van der Waals surface area contributed by atoms with Crippen LogP contribution in [0, 0.1) is 0 Å². The number of phenolic OH excluding ortho intramolecular Hbond substituents is 2. The number of hydrogen-bond donors (Lipinski definition) is 31. The van der Waals surface area contributed by atoms with Crippen molar-refractivity contribution in [2.75, 3.05) is 70.4 Å². The van der Waals surface area contributed by atoms with Gasteiger partial charge < -0.3 is 175 Å². The summed E-state index contributed by atoms with van der Waals surface area (Å²) in [4.78, 5) is 258. The molecule has 0 spiro atoms. The van der Waals surface area contributed by atoms with Crippen molar-refractivity contribution in [1.82, 2.24) is 79.3 Å². The molecule has 6 rings (SSSR count). The molecule has 4 aromatic rings. The third-order valence-corrected chi connectivity index (χ3v) is 25.3. The Kier molecular flexibility index (Phi) is 51.5. The molecule has 53 nitrogen and oxygen atoms in total. The van der Waals surface area contributed by atoms with Gasteiger partial charge in [-0.05, 0) is 180 Å². The number of guanidine groups is 5. The van der Waals surface area contributed by atoms with Gasteiger partial charge in [-0.3, -0.25) is 87.3 Å². The maximum absolute atomic E-state index is 16.0. The van der Waals surface area contributed by atoms with Crippen LogP contribution in [0.25, 0.3) is 10.8 Å². The molecule has 2 aliphatic rings. The maximum Gasteiger partial charge on any atom is 0.326 e. The van der Waals surface area contributed by atoms with E-state index in [0.717, 1.165) is 27.0 Å². The fourth-order valence-electron chi connectivity index (χ4n) is 15.4. The van der Waals surface area contributed by atoms with Crippen LogP contribution in [-0.2, 0) is 86.4 Å². The number of carboxylic acids is 1. The van der Waals surface area contributed by atoms with Crippen molar-refractivity contribution in [2.24, 2.45) is 105 Å². The molecule has 796 valence electrons. The number of phenols is 2. The van der Waals surface area contributed by atoms with Crippen molar-refractivity contribution >= 4 is 157 Å². The number of amides is 17. The fraction of sp³-hybridized carbons (Fsp3) is 0.522. The minimum absolute atomic E-state index is 0.0172. The van der Waals surface area contributed by atoms with Gasteiger partial charge in [-0.1, -0.05) is 88.3 Å². The van der Waals surface area contributed by atoms with Gasteiger partial charge in [0, 0.05) is 83.1 Å². The molecule has 2 heterocycles. The van der Waals surface area contributed by atoms with Crippen LogP contribution in [0.1, 0.15) is 139 Å². The Morgan fingerprint density at radius 3 is 1.30 bits per heavy atom. The quantitative estimate of drug-likeness (QED) is 0.00845. The lowest BCUT2D eigenvalue weighted by molar-refractivity contribution is -0.142. The highest BCUT2D eigenvalue weighted by molar-refractivity contribution is 8.76. The summed E-state index contributed by atoms with van der Waals surface area (Å²) in [5.41, 5.74) is 80.7. The maximum atomic E-state index is 16.0. The number of aliphatic imine (C=N–C) groups is 5. The van der Waals surface area contributed by atoms with Crippen molar-refractivity contribution in [3.05, 3.63) is 108 Å². The van der Waals surface area contributed by atoms with E-state index in [1.54, 1.807) is 36.4 Å². The van der Waals surface area contributed by atoms with Crippen LogP contribution >= 0.6 is 21.6 Å². The molecule has 0 bridgehead atoms. The average Bonchev–Trinajstić information content (AvgIpc) is 1.72. The van der Waals surface area contributed by atoms with Gasteiger partial charge in [-0.25, -0.2) is 14.4 Å². The second-order valence-corrected chi connectivity index (χ2v) is 37.0. The number of nitrogens with one attached hydrogen (secondary N) is 14. The summed E-state index contributed by atoms with van der Waals surface area (Å²) in [6, 6.07) is -2.04. The van der Waals surface area contributed by atoms with Crippen LogP contribution in [0.5, 0.6) is 11.5 Å². The number of urea groups is 2. The number of unbranched alkanes of at least 4 members (excludes halogenated alkanes) is 1. The zero-order valence-electron chi connectivity index (χ0n) is 80.5. The Labute approximate surface area is 844 Å². The highest BCUT2D eigenvalue weighted by Crippen LogP contribution is 2.27. The number of hydrogen-bond acceptors (Lipinski definition) is 27. The number of aromatic hydroxyl groups is 2. The Morgan fingerprint density at radius 1 is 0.414 bits per heavy atom. The highest BCUT2D eigenvalue weighted by Gasteiger charge is 2.43. The van der Waals surface area contributed by atoms with Gasteiger partial charge in [-0.2, -0.15) is 0 Å². The van der Waals surface area contributed by atoms with E-state index >= 15 is 57.5 Å². The van der Waals surface area contributed by atoms with Gasteiger partial charge >= 0.3 is 18.0 Å². The van der Waals surface area contributed by atoms with Crippen molar-refractivity contribution in [2.45, 2.75) is 226 Å². The van der Waals surface area contributed by atoms with Crippen LogP contribution in [0.3, 0.4) is 0 Å². The molecule has 0 aromatic heterocycles. The zero-order valence-corrected chi connectivity index (χ0v) is 82.2. The normalized spacial score (nSPS) is 20.0. The SMILES string of the molecule is NCCCC[C@H]1NC(=O)[C@H](CCCNC(N)=O)NC(=O)[C@H](CCCN=C(N)N)NC(=O)[C@H](Cc2ccc(O)cc2)NC(=O)[C@@H](NC(=O)[C@H](Cc2ccc3ccccc3c2)NC(=O)[C@H](CCCN=C(N)N)NC(=O)[C@@H](N)CCCN=C(N)N)CSSC[C@@H](C(=O)N[C@@H](CCCN=C(N)N)C(=O)O)NC(=O)[C@H](CCCNC(N)=O)NC(=O)[C@H](CCCN=C(N)N)NC(=O)[C@H](Cc2ccc(O)cc2)NC(=O)[C@@H]2CCCN2C1=O. The Bertz CT molecular complexity index is 5160. The molecule has 0 aliphatic carbocycles. The van der Waals surface area contributed by atoms with E-state index in [2.05, 4.69) is 99.4 Å². The molecule has 2 aliphatic heterocycles. The van der Waals surface area contributed by atoms with E-state index in [0.29, 0.717) is 22.9 Å². The number of aliphatic carboxylic acids is 1. The number of rotatable bonds is 47. The molecule has 0 unspecified atom stereocenters. The highest BCUT2D eigenvalue weighted by atomic mass is 33.1. The Balaban J connectivity index is 1.63. The fourth-order valence-corrected chi connectivity index (χ4v) is 17.7. The number of carbonyl (C=O) groups is 16. The third kappa shape index (κ3) is 44.5. The summed E-state index contributed by atoms with van der Waals surface area (Å²) in [6.07, 6.45) is -2.68. The standard InChI is InChI=1S/C90H140N34O19S2/c91-34-4-3-16-62-82(139)124-42-12-23-69(124)81(138)121-65(45-50-27-32-55(126)33-28-50)77(134)116-59(19-8-38-108-87(99)100)72(129)114-61(21-10-41-111-90(104)143)75(132)122-67(79(136)118-63(83(140)141)22-11-39-109-88(101)102)47-144-145-48-68(80(137)120-64(44-49-25-30-54(125)31-26-49)76(133)115-58(18-7-37-107-86(97)98)71(128)113-60(73(130)117-62)20-9-40-110-89(103)142)123-78(135)66(46-51-24-29-52-13-1-2-14-53(52)43-51)119-74(131)57(17-6-36-106-85(95)96)112-70(127)56(92)15-5-35-105-84(93)94/h1-2,13-14,24-33,43,56-69,125-126H,3-12,15-23,34-42,44-48,91-92H2,(H,112,127)(H,113,128)(H,114,129)(H,115,133)(H,116,134)(H,117,130)(H,118,136)(H,119,131)(H,120,137)(H,121,138)(H,122,132)(H,123,135)(H,140,141)(H4,93,94,105)(H4,95,96,106)(H4,97,98,107)(H4,99,100,108)(H4,101,102,109)(H3,103,110,142)(H3,104,111,143)/t56-,57-,58-,59-,60-,61-,62+,63-,64-,65-,66-,67-,68-,69-/m0/s1. The van der Waals surface area contributed by atoms with Crippen LogP contribution in [0.15, 0.2) is 116 Å². The number of primary amides is 2. The summed E-state index contributed by atoms with van der Waals surface area (Å²) in [5.74, 6) is -18.2. The van der Waals surface area contributed by atoms with Gasteiger partial charge in [0.25, 0.3) is 0 Å². The summed E-state index contributed by atoms with van der Waals surface area (Å²) < 4.78 is 0. The van der Waals surface area contributed by atoms with Crippen LogP contribution in [0.2, 0.25) is 0 Å². The lowest BCUT2D eigenvalue weighted by Crippen LogP contribution is -2.61. The lowest BCUT2D eigenvalue weighted by Gasteiger charge is -2.31. The molecule has 0 radical (unpaired) electrons. The Morgan fingerprint density at radius 2 is 0.821 bits per heavy atom. The third-order valence-electron chi connectivity index (χ3n) is 22.9. The summed E-state index contributed by atoms with van der Waals surface area (Å²) >= 11 is 0. The van der Waals surface area contributed by atoms with Gasteiger partial charge in [0.1, 0.15) is 90.0 Å². The molecule has 14 atom stereocenters. The number of nitrogens with zero attached hydrogens (tertiary/aromatic N) is 6. The van der Waals surface area contributed by atoms with Crippen LogP contribution < -0.4 is 155 Å². The van der Waals surface area contributed by atoms with Crippen molar-refractivity contribution < 1.29 is 92.0 Å². The summed E-state index contributed by atoms with van der Waals surface area (Å²) in [6.45, 7) is -0.791. The van der Waals surface area contributed by atoms with E-state index in [9.17, 15) is 34.5 Å². The van der Waals surface area contributed by atoms with E-state index in [1.807, 2.05) is 6.07 Å². The van der Waals surface area contributed by atoms with Crippen molar-refractivity contribution in [1.29, 1.82) is 0 Å². The molecule has 17 amide bonds. The summed E-state index contributed by atoms with van der Waals surface area (Å²) in [5, 5.41) is 70.0. The first kappa shape index (κ1) is 119. The van der Waals surface area contributed by atoms with Gasteiger partial charge in [0.15, 0.2) is 29.8 Å². The van der Waals surface area contributed by atoms with Crippen LogP contribution in [-0.4, -0.2) is 300 Å². The van der Waals surface area contributed by atoms with Crippen LogP contribution in [0.4, 0.5) is 9.59 Å². The molecular formula is C90H140N34O19S2. The molecule has 45 N–H and O–H groups in total. The second-order valence-electron chi connectivity index (χ2n) is 34.5. The molecule has 0 saturated carbocycles. The largest absolute Gasteiger partial charge is 0.508 e. The number of carbonyl (C=O) groups excluding carboxylic acids is 15. The van der Waals surface area contributed by atoms with Crippen molar-refractivity contribution in [3.8, 4) is 11.5 Å². The first-order valence-electron chi connectivity index (χ1n) is 47.3. The predicted octanol–water partition coefficient (Wildman–Crippen LogP) is -7.81. The minimum atomic E-state index is -1.93. The van der Waals surface area contributed by atoms with E-state index < -0.39 is 204 Å². The lowest BCUT2D eigenvalue weighted by atomic mass is 10.00. The predicted molar refractivity (Wildman–Crippen MR) is 546 cm³/mol. The molecule has 145 heavy (non-hydrogen) atoms. The van der Waals surface area contributed by atoms with Gasteiger partial charge in [0.2, 0.25) is 76.8 Å². The van der Waals surface area contributed by atoms with Gasteiger partial charge in [0.05, 0.1) is 6.04 Å². The smallest absolute Gasteiger partial charge is 0.326 e.